The van der Waals surface area contributed by atoms with Crippen molar-refractivity contribution in [3.63, 3.8) is 0 Å². The van der Waals surface area contributed by atoms with Gasteiger partial charge in [-0.25, -0.2) is 4.98 Å². The molecule has 1 aliphatic rings. The first kappa shape index (κ1) is 18.4. The number of benzene rings is 2. The van der Waals surface area contributed by atoms with E-state index in [0.29, 0.717) is 24.3 Å². The highest BCUT2D eigenvalue weighted by Crippen LogP contribution is 2.20. The van der Waals surface area contributed by atoms with Gasteiger partial charge in [-0.1, -0.05) is 36.4 Å². The molecular formula is C23H18N4O2. The van der Waals surface area contributed by atoms with Crippen LogP contribution in [0.3, 0.4) is 0 Å². The number of pyridine rings is 1. The SMILES string of the molecule is N#Cc1cccc(NC(=O)c2cccc(C(=O)N3CCc4ccccc4C3)n2)c1. The maximum absolute atomic E-state index is 12.9. The summed E-state index contributed by atoms with van der Waals surface area (Å²) in [4.78, 5) is 31.5. The van der Waals surface area contributed by atoms with Crippen molar-refractivity contribution < 1.29 is 9.59 Å². The number of hydrogen-bond acceptors (Lipinski definition) is 4. The molecule has 1 aromatic heterocycles. The number of rotatable bonds is 3. The molecule has 0 saturated carbocycles. The van der Waals surface area contributed by atoms with Crippen molar-refractivity contribution in [2.45, 2.75) is 13.0 Å². The zero-order valence-electron chi connectivity index (χ0n) is 15.6. The van der Waals surface area contributed by atoms with E-state index in [2.05, 4.69) is 16.4 Å². The molecule has 6 nitrogen and oxygen atoms in total. The van der Waals surface area contributed by atoms with Gasteiger partial charge in [0.1, 0.15) is 11.4 Å². The van der Waals surface area contributed by atoms with E-state index >= 15 is 0 Å². The maximum atomic E-state index is 12.9. The predicted molar refractivity (Wildman–Crippen MR) is 108 cm³/mol. The van der Waals surface area contributed by atoms with Crippen LogP contribution in [-0.4, -0.2) is 28.2 Å². The molecule has 2 aromatic carbocycles. The predicted octanol–water partition coefficient (Wildman–Crippen LogP) is 3.40. The summed E-state index contributed by atoms with van der Waals surface area (Å²) in [6, 6.07) is 21.6. The summed E-state index contributed by atoms with van der Waals surface area (Å²) in [5.74, 6) is -0.626. The number of fused-ring (bicyclic) bond motifs is 1. The lowest BCUT2D eigenvalue weighted by Crippen LogP contribution is -2.36. The minimum atomic E-state index is -0.432. The number of nitrogens with zero attached hydrogens (tertiary/aromatic N) is 3. The third-order valence-electron chi connectivity index (χ3n) is 4.87. The Morgan fingerprint density at radius 1 is 0.966 bits per heavy atom. The van der Waals surface area contributed by atoms with Crippen molar-refractivity contribution in [3.8, 4) is 6.07 Å². The van der Waals surface area contributed by atoms with Gasteiger partial charge in [0, 0.05) is 18.8 Å². The highest BCUT2D eigenvalue weighted by Gasteiger charge is 2.23. The molecule has 0 fully saturated rings. The van der Waals surface area contributed by atoms with E-state index in [1.807, 2.05) is 24.3 Å². The summed E-state index contributed by atoms with van der Waals surface area (Å²) in [6.07, 6.45) is 0.803. The van der Waals surface area contributed by atoms with E-state index in [1.54, 1.807) is 47.4 Å². The molecule has 6 heteroatoms. The lowest BCUT2D eigenvalue weighted by Gasteiger charge is -2.28. The molecule has 0 atom stereocenters. The fraction of sp³-hybridized carbons (Fsp3) is 0.130. The quantitative estimate of drug-likeness (QED) is 0.752. The van der Waals surface area contributed by atoms with Crippen LogP contribution in [0.2, 0.25) is 0 Å². The van der Waals surface area contributed by atoms with E-state index < -0.39 is 5.91 Å². The number of anilines is 1. The van der Waals surface area contributed by atoms with Crippen LogP contribution >= 0.6 is 0 Å². The van der Waals surface area contributed by atoms with Gasteiger partial charge in [0.05, 0.1) is 11.6 Å². The molecule has 0 radical (unpaired) electrons. The van der Waals surface area contributed by atoms with E-state index in [-0.39, 0.29) is 17.3 Å². The van der Waals surface area contributed by atoms with Crippen LogP contribution < -0.4 is 5.32 Å². The number of hydrogen-bond donors (Lipinski definition) is 1. The van der Waals surface area contributed by atoms with Crippen LogP contribution in [-0.2, 0) is 13.0 Å². The molecular weight excluding hydrogens is 364 g/mol. The second kappa shape index (κ2) is 7.95. The molecule has 142 valence electrons. The summed E-state index contributed by atoms with van der Waals surface area (Å²) < 4.78 is 0. The van der Waals surface area contributed by atoms with Crippen LogP contribution in [0.25, 0.3) is 0 Å². The highest BCUT2D eigenvalue weighted by atomic mass is 16.2. The van der Waals surface area contributed by atoms with Gasteiger partial charge >= 0.3 is 0 Å². The third kappa shape index (κ3) is 3.99. The van der Waals surface area contributed by atoms with E-state index in [9.17, 15) is 9.59 Å². The number of aromatic nitrogens is 1. The molecule has 0 saturated heterocycles. The Kier molecular flexibility index (Phi) is 5.04. The van der Waals surface area contributed by atoms with Gasteiger partial charge in [-0.2, -0.15) is 5.26 Å². The number of carbonyl (C=O) groups is 2. The molecule has 2 heterocycles. The fourth-order valence-electron chi connectivity index (χ4n) is 3.37. The Morgan fingerprint density at radius 2 is 1.72 bits per heavy atom. The van der Waals surface area contributed by atoms with E-state index in [0.717, 1.165) is 12.0 Å². The normalized spacial score (nSPS) is 12.6. The van der Waals surface area contributed by atoms with Crippen LogP contribution in [0.15, 0.2) is 66.7 Å². The average Bonchev–Trinajstić information content (AvgIpc) is 2.78. The first-order valence-corrected chi connectivity index (χ1v) is 9.28. The van der Waals surface area contributed by atoms with Gasteiger partial charge in [0.15, 0.2) is 0 Å². The second-order valence-electron chi connectivity index (χ2n) is 6.80. The van der Waals surface area contributed by atoms with Crippen LogP contribution in [0.1, 0.15) is 37.7 Å². The van der Waals surface area contributed by atoms with Crippen molar-refractivity contribution in [2.24, 2.45) is 0 Å². The number of amides is 2. The smallest absolute Gasteiger partial charge is 0.274 e. The summed E-state index contributed by atoms with van der Waals surface area (Å²) in [6.45, 7) is 1.16. The summed E-state index contributed by atoms with van der Waals surface area (Å²) in [5.41, 5.74) is 3.74. The van der Waals surface area contributed by atoms with Crippen LogP contribution in [0, 0.1) is 11.3 Å². The third-order valence-corrected chi connectivity index (χ3v) is 4.87. The average molecular weight is 382 g/mol. The molecule has 0 spiro atoms. The largest absolute Gasteiger partial charge is 0.333 e. The van der Waals surface area contributed by atoms with Crippen LogP contribution in [0.5, 0.6) is 0 Å². The van der Waals surface area contributed by atoms with Gasteiger partial charge in [0.2, 0.25) is 0 Å². The minimum Gasteiger partial charge on any atom is -0.333 e. The first-order valence-electron chi connectivity index (χ1n) is 9.28. The second-order valence-corrected chi connectivity index (χ2v) is 6.80. The maximum Gasteiger partial charge on any atom is 0.274 e. The molecule has 0 aliphatic carbocycles. The lowest BCUT2D eigenvalue weighted by atomic mass is 10.00. The number of nitriles is 1. The molecule has 1 N–H and O–H groups in total. The number of nitrogens with one attached hydrogen (secondary N) is 1. The van der Waals surface area contributed by atoms with Gasteiger partial charge in [0.25, 0.3) is 11.8 Å². The van der Waals surface area contributed by atoms with E-state index in [1.165, 1.54) is 5.56 Å². The summed E-state index contributed by atoms with van der Waals surface area (Å²) >= 11 is 0. The Hall–Kier alpha value is -3.98. The van der Waals surface area contributed by atoms with Crippen molar-refractivity contribution >= 4 is 17.5 Å². The Bertz CT molecular complexity index is 1130. The lowest BCUT2D eigenvalue weighted by molar-refractivity contribution is 0.0728. The van der Waals surface area contributed by atoms with Crippen LogP contribution in [0.4, 0.5) is 5.69 Å². The monoisotopic (exact) mass is 382 g/mol. The Labute approximate surface area is 168 Å². The Balaban J connectivity index is 1.50. The zero-order valence-corrected chi connectivity index (χ0v) is 15.6. The van der Waals surface area contributed by atoms with Crippen molar-refractivity contribution in [2.75, 3.05) is 11.9 Å². The molecule has 2 amide bonds. The first-order chi connectivity index (χ1) is 14.1. The van der Waals surface area contributed by atoms with Crippen molar-refractivity contribution in [1.82, 2.24) is 9.88 Å². The Morgan fingerprint density at radius 3 is 2.55 bits per heavy atom. The van der Waals surface area contributed by atoms with Crippen molar-refractivity contribution in [3.05, 3.63) is 94.8 Å². The van der Waals surface area contributed by atoms with E-state index in [4.69, 9.17) is 5.26 Å². The van der Waals surface area contributed by atoms with Gasteiger partial charge < -0.3 is 10.2 Å². The minimum absolute atomic E-state index is 0.149. The van der Waals surface area contributed by atoms with Gasteiger partial charge in [-0.05, 0) is 47.9 Å². The fourth-order valence-corrected chi connectivity index (χ4v) is 3.37. The molecule has 1 aliphatic heterocycles. The van der Waals surface area contributed by atoms with Crippen molar-refractivity contribution in [1.29, 1.82) is 5.26 Å². The molecule has 4 rings (SSSR count). The van der Waals surface area contributed by atoms with Gasteiger partial charge in [-0.3, -0.25) is 9.59 Å². The molecule has 0 bridgehead atoms. The summed E-state index contributed by atoms with van der Waals surface area (Å²) in [7, 11) is 0. The zero-order chi connectivity index (χ0) is 20.2. The van der Waals surface area contributed by atoms with Gasteiger partial charge in [-0.15, -0.1) is 0 Å². The summed E-state index contributed by atoms with van der Waals surface area (Å²) in [5, 5.41) is 11.7. The molecule has 29 heavy (non-hydrogen) atoms. The molecule has 0 unspecified atom stereocenters. The topological polar surface area (TPSA) is 86.1 Å². The highest BCUT2D eigenvalue weighted by molar-refractivity contribution is 6.04. The molecule has 3 aromatic rings. The standard InChI is InChI=1S/C23H18N4O2/c24-14-16-5-3-8-19(13-16)25-22(28)20-9-4-10-21(26-20)23(29)27-12-11-17-6-1-2-7-18(17)15-27/h1-10,13H,11-12,15H2,(H,25,28). The number of carbonyl (C=O) groups excluding carboxylic acids is 2.